The molecule has 1 aliphatic rings. The van der Waals surface area contributed by atoms with Crippen LogP contribution in [0, 0.1) is 5.92 Å². The van der Waals surface area contributed by atoms with E-state index in [1.54, 1.807) is 32.0 Å². The molecule has 0 bridgehead atoms. The highest BCUT2D eigenvalue weighted by Gasteiger charge is 2.48. The number of ether oxygens (including phenoxy) is 3. The first-order chi connectivity index (χ1) is 14.5. The minimum atomic E-state index is -1.80. The van der Waals surface area contributed by atoms with E-state index >= 15 is 0 Å². The molecule has 10 heteroatoms. The van der Waals surface area contributed by atoms with Crippen LogP contribution >= 0.6 is 0 Å². The average molecular weight is 441 g/mol. The number of carbonyl (C=O) groups is 2. The Balaban J connectivity index is 2.22. The minimum Gasteiger partial charge on any atom is -0.479 e. The van der Waals surface area contributed by atoms with E-state index in [1.807, 2.05) is 13.8 Å². The number of aliphatic hydroxyl groups is 3. The first-order valence-corrected chi connectivity index (χ1v) is 10.1. The molecule has 1 heterocycles. The number of carboxylic acids is 1. The van der Waals surface area contributed by atoms with Crippen molar-refractivity contribution in [2.45, 2.75) is 77.6 Å². The number of benzene rings is 1. The molecule has 5 unspecified atom stereocenters. The number of carbonyl (C=O) groups excluding carboxylic acids is 1. The fraction of sp³-hybridized carbons (Fsp3) is 0.619. The molecule has 1 aromatic rings. The molecule has 31 heavy (non-hydrogen) atoms. The molecular weight excluding hydrogens is 410 g/mol. The van der Waals surface area contributed by atoms with E-state index < -0.39 is 36.7 Å². The van der Waals surface area contributed by atoms with Gasteiger partial charge in [-0.1, -0.05) is 33.8 Å². The number of aliphatic carboxylic acids is 1. The third kappa shape index (κ3) is 6.62. The molecular formula is C21H31NO9. The highest BCUT2D eigenvalue weighted by molar-refractivity contribution is 5.73. The van der Waals surface area contributed by atoms with Gasteiger partial charge in [0.1, 0.15) is 30.7 Å². The molecule has 1 saturated heterocycles. The maximum absolute atomic E-state index is 11.7. The van der Waals surface area contributed by atoms with Gasteiger partial charge in [-0.2, -0.15) is 0 Å². The zero-order valence-corrected chi connectivity index (χ0v) is 18.0. The zero-order valence-electron chi connectivity index (χ0n) is 18.0. The molecule has 1 fully saturated rings. The Morgan fingerprint density at radius 3 is 2.35 bits per heavy atom. The number of carboxylic acid groups (broad SMARTS) is 1. The van der Waals surface area contributed by atoms with E-state index in [9.17, 15) is 30.0 Å². The predicted octanol–water partition coefficient (Wildman–Crippen LogP) is 0.155. The first kappa shape index (κ1) is 25.0. The van der Waals surface area contributed by atoms with Gasteiger partial charge in [-0.05, 0) is 17.7 Å². The van der Waals surface area contributed by atoms with Gasteiger partial charge in [0.25, 0.3) is 0 Å². The van der Waals surface area contributed by atoms with Gasteiger partial charge in [0.05, 0.1) is 5.92 Å². The maximum atomic E-state index is 11.7. The lowest BCUT2D eigenvalue weighted by molar-refractivity contribution is -0.271. The van der Waals surface area contributed by atoms with Crippen molar-refractivity contribution < 1.29 is 44.2 Å². The van der Waals surface area contributed by atoms with Crippen LogP contribution in [0.2, 0.25) is 0 Å². The van der Waals surface area contributed by atoms with Crippen LogP contribution < -0.4 is 10.1 Å². The molecule has 174 valence electrons. The summed E-state index contributed by atoms with van der Waals surface area (Å²) in [6.07, 6.45) is -8.49. The maximum Gasteiger partial charge on any atom is 0.335 e. The standard InChI is InChI=1S/C21H31NO9/c1-10(2)20(28)29-9-12-5-6-14(13(7-12)8-22-11(3)4)30-21-17(25)15(23)16(24)18(31-21)19(26)27/h5-7,10-11,15-18,21-25H,8-9H2,1-4H3,(H,26,27). The summed E-state index contributed by atoms with van der Waals surface area (Å²) >= 11 is 0. The number of nitrogens with one attached hydrogen (secondary N) is 1. The lowest BCUT2D eigenvalue weighted by Gasteiger charge is -2.38. The topological polar surface area (TPSA) is 155 Å². The summed E-state index contributed by atoms with van der Waals surface area (Å²) < 4.78 is 16.1. The molecule has 5 N–H and O–H groups in total. The normalized spacial score (nSPS) is 26.2. The number of aliphatic hydroxyl groups excluding tert-OH is 3. The van der Waals surface area contributed by atoms with Crippen LogP contribution in [-0.2, 0) is 32.2 Å². The molecule has 1 aromatic carbocycles. The highest BCUT2D eigenvalue weighted by atomic mass is 16.7. The summed E-state index contributed by atoms with van der Waals surface area (Å²) in [6.45, 7) is 7.83. The van der Waals surface area contributed by atoms with Crippen molar-refractivity contribution in [1.29, 1.82) is 0 Å². The van der Waals surface area contributed by atoms with Crippen molar-refractivity contribution in [3.8, 4) is 5.75 Å². The van der Waals surface area contributed by atoms with E-state index in [1.165, 1.54) is 0 Å². The molecule has 0 aliphatic carbocycles. The smallest absolute Gasteiger partial charge is 0.335 e. The van der Waals surface area contributed by atoms with E-state index in [2.05, 4.69) is 5.32 Å². The van der Waals surface area contributed by atoms with Gasteiger partial charge in [0.15, 0.2) is 6.10 Å². The number of rotatable bonds is 9. The van der Waals surface area contributed by atoms with E-state index in [4.69, 9.17) is 14.2 Å². The number of hydrogen-bond acceptors (Lipinski definition) is 9. The van der Waals surface area contributed by atoms with Gasteiger partial charge in [0.2, 0.25) is 6.29 Å². The van der Waals surface area contributed by atoms with Crippen LogP contribution in [0.15, 0.2) is 18.2 Å². The van der Waals surface area contributed by atoms with Crippen LogP contribution in [0.5, 0.6) is 5.75 Å². The Hall–Kier alpha value is -2.24. The Bertz CT molecular complexity index is 767. The van der Waals surface area contributed by atoms with Crippen LogP contribution in [0.1, 0.15) is 38.8 Å². The van der Waals surface area contributed by atoms with Gasteiger partial charge < -0.3 is 40.0 Å². The molecule has 0 amide bonds. The fourth-order valence-electron chi connectivity index (χ4n) is 2.89. The first-order valence-electron chi connectivity index (χ1n) is 10.1. The largest absolute Gasteiger partial charge is 0.479 e. The molecule has 0 spiro atoms. The van der Waals surface area contributed by atoms with Gasteiger partial charge >= 0.3 is 11.9 Å². The van der Waals surface area contributed by atoms with Crippen LogP contribution in [0.25, 0.3) is 0 Å². The number of esters is 1. The van der Waals surface area contributed by atoms with Crippen molar-refractivity contribution in [2.75, 3.05) is 0 Å². The summed E-state index contributed by atoms with van der Waals surface area (Å²) in [5.74, 6) is -1.79. The van der Waals surface area contributed by atoms with Gasteiger partial charge in [-0.3, -0.25) is 4.79 Å². The van der Waals surface area contributed by atoms with E-state index in [-0.39, 0.29) is 30.3 Å². The third-order valence-corrected chi connectivity index (χ3v) is 4.73. The predicted molar refractivity (Wildman–Crippen MR) is 108 cm³/mol. The monoisotopic (exact) mass is 441 g/mol. The van der Waals surface area contributed by atoms with Crippen LogP contribution in [0.4, 0.5) is 0 Å². The van der Waals surface area contributed by atoms with Gasteiger partial charge in [0, 0.05) is 18.2 Å². The second-order valence-electron chi connectivity index (χ2n) is 8.09. The Labute approximate surface area is 180 Å². The SMILES string of the molecule is CC(C)NCc1cc(COC(=O)C(C)C)ccc1OC1OC(C(=O)O)C(O)C(O)C1O. The third-order valence-electron chi connectivity index (χ3n) is 4.73. The van der Waals surface area contributed by atoms with Crippen molar-refractivity contribution in [1.82, 2.24) is 5.32 Å². The van der Waals surface area contributed by atoms with Gasteiger partial charge in [-0.25, -0.2) is 4.79 Å². The van der Waals surface area contributed by atoms with Crippen LogP contribution in [0.3, 0.4) is 0 Å². The quantitative estimate of drug-likeness (QED) is 0.335. The molecule has 0 saturated carbocycles. The Kier molecular flexibility index (Phi) is 8.78. The molecule has 2 rings (SSSR count). The Morgan fingerprint density at radius 2 is 1.77 bits per heavy atom. The average Bonchev–Trinajstić information content (AvgIpc) is 2.71. The lowest BCUT2D eigenvalue weighted by atomic mass is 9.99. The lowest BCUT2D eigenvalue weighted by Crippen LogP contribution is -2.61. The molecule has 0 radical (unpaired) electrons. The van der Waals surface area contributed by atoms with E-state index in [0.29, 0.717) is 17.7 Å². The van der Waals surface area contributed by atoms with Crippen molar-refractivity contribution in [3.05, 3.63) is 29.3 Å². The number of hydrogen-bond donors (Lipinski definition) is 5. The fourth-order valence-corrected chi connectivity index (χ4v) is 2.89. The highest BCUT2D eigenvalue weighted by Crippen LogP contribution is 2.28. The summed E-state index contributed by atoms with van der Waals surface area (Å²) in [7, 11) is 0. The second kappa shape index (κ2) is 10.9. The van der Waals surface area contributed by atoms with E-state index in [0.717, 1.165) is 0 Å². The molecule has 10 nitrogen and oxygen atoms in total. The van der Waals surface area contributed by atoms with Crippen LogP contribution in [-0.4, -0.2) is 69.1 Å². The zero-order chi connectivity index (χ0) is 23.3. The second-order valence-corrected chi connectivity index (χ2v) is 8.09. The van der Waals surface area contributed by atoms with Crippen molar-refractivity contribution in [2.24, 2.45) is 5.92 Å². The minimum absolute atomic E-state index is 0.0700. The summed E-state index contributed by atoms with van der Waals surface area (Å²) in [5.41, 5.74) is 1.36. The molecule has 1 aliphatic heterocycles. The van der Waals surface area contributed by atoms with Crippen molar-refractivity contribution in [3.63, 3.8) is 0 Å². The summed E-state index contributed by atoms with van der Waals surface area (Å²) in [5, 5.41) is 42.4. The van der Waals surface area contributed by atoms with Gasteiger partial charge in [-0.15, -0.1) is 0 Å². The summed E-state index contributed by atoms with van der Waals surface area (Å²) in [4.78, 5) is 23.0. The Morgan fingerprint density at radius 1 is 1.10 bits per heavy atom. The molecule has 0 aromatic heterocycles. The van der Waals surface area contributed by atoms with Crippen molar-refractivity contribution >= 4 is 11.9 Å². The molecule has 5 atom stereocenters. The summed E-state index contributed by atoms with van der Waals surface area (Å²) in [6, 6.07) is 5.16.